The molecular weight excluding hydrogens is 837 g/mol. The molecule has 0 N–H and O–H groups in total. The van der Waals surface area contributed by atoms with Crippen LogP contribution in [0.4, 0.5) is 0 Å². The molecule has 0 saturated carbocycles. The minimum absolute atomic E-state index is 0. The zero-order valence-corrected chi connectivity index (χ0v) is 32.2. The van der Waals surface area contributed by atoms with Gasteiger partial charge in [-0.3, -0.25) is 0 Å². The van der Waals surface area contributed by atoms with E-state index in [-0.39, 0.29) is 47.8 Å². The number of hydrogen-bond donors (Lipinski definition) is 0. The number of nitrogens with zero attached hydrogens (tertiary/aromatic N) is 2. The van der Waals surface area contributed by atoms with Crippen LogP contribution in [0.15, 0.2) is 132 Å². The summed E-state index contributed by atoms with van der Waals surface area (Å²) < 4.78 is 100. The molecule has 9 aromatic rings. The van der Waals surface area contributed by atoms with E-state index >= 15 is 0 Å². The summed E-state index contributed by atoms with van der Waals surface area (Å²) in [5.41, 5.74) is 5.52. The molecule has 54 heavy (non-hydrogen) atoms. The fraction of sp³-hybridized carbons (Fsp3) is 0.160. The first-order chi connectivity index (χ1) is 30.4. The standard InChI is InChI=1S/C37H30NO.C13H12N.Ir/c1-22-17-26-18-27(37(3,4)5)15-13-25(26)19-32(22)33-20-34(38-21-23(33)2)31-12-8-11-29-30-16-14-24-9-6-7-10-28(24)35(30)39-36(29)31;1-10-3-6-12(7-4-10)13-8-5-11(2)9-14-13;/h6-11,13-21H,1-5H3;3-6,8-9H,1-2H3;/q2*-1;/i2*1D3,2D3;. The SMILES string of the molecule is [2H]C([2H])([2H])c1c[c-]c(-c2ccc(C([2H])([2H])[2H])cn2)cc1.[2H]C([2H])([2H])c1cnc(-c2[c-]ccc3c2oc2c4ccccc4ccc32)cc1-c1cc2ccc(C(C)(C)C)cc2cc1C([2H])([2H])[2H].[Ir]. The second kappa shape index (κ2) is 14.8. The molecule has 1 radical (unpaired) electrons. The van der Waals surface area contributed by atoms with Crippen molar-refractivity contribution in [1.29, 1.82) is 0 Å². The zero-order chi connectivity index (χ0) is 46.9. The molecule has 0 fully saturated rings. The van der Waals surface area contributed by atoms with E-state index in [2.05, 4.69) is 48.9 Å². The Labute approximate surface area is 348 Å². The topological polar surface area (TPSA) is 38.9 Å². The number of furan rings is 1. The largest absolute Gasteiger partial charge is 0.500 e. The van der Waals surface area contributed by atoms with E-state index in [1.54, 1.807) is 36.4 Å². The van der Waals surface area contributed by atoms with E-state index in [4.69, 9.17) is 20.9 Å². The minimum atomic E-state index is -2.54. The second-order valence-electron chi connectivity index (χ2n) is 14.1. The van der Waals surface area contributed by atoms with E-state index in [0.29, 0.717) is 39.2 Å². The van der Waals surface area contributed by atoms with E-state index in [1.165, 1.54) is 30.6 Å². The number of rotatable bonds is 3. The molecule has 3 heterocycles. The Balaban J connectivity index is 0.000000260. The first-order valence-corrected chi connectivity index (χ1v) is 17.2. The molecule has 9 rings (SSSR count). The molecule has 4 heteroatoms. The number of aromatic nitrogens is 2. The van der Waals surface area contributed by atoms with Crippen molar-refractivity contribution in [3.8, 4) is 33.6 Å². The predicted octanol–water partition coefficient (Wildman–Crippen LogP) is 13.5. The molecule has 0 bridgehead atoms. The molecule has 0 amide bonds. The van der Waals surface area contributed by atoms with Crippen LogP contribution < -0.4 is 0 Å². The van der Waals surface area contributed by atoms with Gasteiger partial charge in [-0.15, -0.1) is 53.6 Å². The van der Waals surface area contributed by atoms with Gasteiger partial charge in [0.25, 0.3) is 0 Å². The van der Waals surface area contributed by atoms with Gasteiger partial charge >= 0.3 is 0 Å². The van der Waals surface area contributed by atoms with Crippen molar-refractivity contribution >= 4 is 43.5 Å². The van der Waals surface area contributed by atoms with Crippen LogP contribution >= 0.6 is 0 Å². The summed E-state index contributed by atoms with van der Waals surface area (Å²) in [6.45, 7) is -3.05. The van der Waals surface area contributed by atoms with E-state index in [1.807, 2.05) is 54.6 Å². The quantitative estimate of drug-likeness (QED) is 0.166. The fourth-order valence-electron chi connectivity index (χ4n) is 6.60. The van der Waals surface area contributed by atoms with Gasteiger partial charge in [0.05, 0.1) is 5.58 Å². The summed E-state index contributed by atoms with van der Waals surface area (Å²) in [6, 6.07) is 40.7. The molecule has 0 aliphatic heterocycles. The number of pyridine rings is 2. The molecule has 0 aliphatic rings. The summed E-state index contributed by atoms with van der Waals surface area (Å²) in [5.74, 6) is 0. The Morgan fingerprint density at radius 1 is 0.593 bits per heavy atom. The van der Waals surface area contributed by atoms with Crippen molar-refractivity contribution in [2.75, 3.05) is 0 Å². The summed E-state index contributed by atoms with van der Waals surface area (Å²) in [7, 11) is 0. The third-order valence-corrected chi connectivity index (χ3v) is 9.47. The zero-order valence-electron chi connectivity index (χ0n) is 41.8. The Morgan fingerprint density at radius 3 is 2.13 bits per heavy atom. The van der Waals surface area contributed by atoms with E-state index in [9.17, 15) is 0 Å². The van der Waals surface area contributed by atoms with Crippen LogP contribution in [-0.2, 0) is 25.5 Å². The Bertz CT molecular complexity index is 3180. The normalized spacial score (nSPS) is 15.7. The molecule has 0 atom stereocenters. The molecule has 0 unspecified atom stereocenters. The van der Waals surface area contributed by atoms with Crippen LogP contribution in [-0.4, -0.2) is 9.97 Å². The van der Waals surface area contributed by atoms with Gasteiger partial charge in [0, 0.05) is 59.7 Å². The molecular formula is C50H42IrN2O-2. The maximum Gasteiger partial charge on any atom is 0.128 e. The summed E-state index contributed by atoms with van der Waals surface area (Å²) in [6.07, 6.45) is 2.63. The minimum Gasteiger partial charge on any atom is -0.500 e. The van der Waals surface area contributed by atoms with Crippen molar-refractivity contribution < 1.29 is 41.0 Å². The maximum atomic E-state index is 8.45. The number of benzene rings is 6. The van der Waals surface area contributed by atoms with Gasteiger partial charge in [0.15, 0.2) is 0 Å². The van der Waals surface area contributed by atoms with Crippen LogP contribution in [0.5, 0.6) is 0 Å². The van der Waals surface area contributed by atoms with Gasteiger partial charge in [-0.05, 0) is 93.0 Å². The first kappa shape index (κ1) is 24.8. The van der Waals surface area contributed by atoms with Crippen molar-refractivity contribution in [1.82, 2.24) is 9.97 Å². The van der Waals surface area contributed by atoms with Gasteiger partial charge in [-0.25, -0.2) is 0 Å². The maximum absolute atomic E-state index is 8.45. The van der Waals surface area contributed by atoms with Crippen LogP contribution in [0, 0.1) is 39.5 Å². The van der Waals surface area contributed by atoms with Crippen molar-refractivity contribution in [3.05, 3.63) is 168 Å². The fourth-order valence-corrected chi connectivity index (χ4v) is 6.60. The molecule has 0 aliphatic carbocycles. The Hall–Kier alpha value is -5.41. The van der Waals surface area contributed by atoms with Crippen molar-refractivity contribution in [2.45, 2.75) is 53.6 Å². The van der Waals surface area contributed by atoms with Gasteiger partial charge in [-0.2, -0.15) is 0 Å². The van der Waals surface area contributed by atoms with Crippen molar-refractivity contribution in [2.24, 2.45) is 0 Å². The van der Waals surface area contributed by atoms with Crippen LogP contribution in [0.1, 0.15) is 65.0 Å². The Kier molecular flexibility index (Phi) is 6.79. The third-order valence-electron chi connectivity index (χ3n) is 9.47. The smallest absolute Gasteiger partial charge is 0.128 e. The van der Waals surface area contributed by atoms with E-state index in [0.717, 1.165) is 43.5 Å². The predicted molar refractivity (Wildman–Crippen MR) is 222 cm³/mol. The second-order valence-corrected chi connectivity index (χ2v) is 14.1. The van der Waals surface area contributed by atoms with Crippen LogP contribution in [0.2, 0.25) is 0 Å². The first-order valence-electron chi connectivity index (χ1n) is 23.2. The average Bonchev–Trinajstić information content (AvgIpc) is 3.64. The van der Waals surface area contributed by atoms with Crippen LogP contribution in [0.3, 0.4) is 0 Å². The molecule has 6 aromatic carbocycles. The summed E-state index contributed by atoms with van der Waals surface area (Å²) >= 11 is 0. The monoisotopic (exact) mass is 891 g/mol. The van der Waals surface area contributed by atoms with Gasteiger partial charge in [0.1, 0.15) is 5.58 Å². The number of aryl methyl sites for hydroxylation is 4. The van der Waals surface area contributed by atoms with Gasteiger partial charge < -0.3 is 14.4 Å². The number of fused-ring (bicyclic) bond motifs is 6. The molecule has 269 valence electrons. The Morgan fingerprint density at radius 2 is 1.37 bits per heavy atom. The average molecular weight is 891 g/mol. The third kappa shape index (κ3) is 7.12. The molecule has 0 spiro atoms. The number of hydrogen-bond acceptors (Lipinski definition) is 3. The van der Waals surface area contributed by atoms with Crippen LogP contribution in [0.25, 0.3) is 77.1 Å². The van der Waals surface area contributed by atoms with Gasteiger partial charge in [0.2, 0.25) is 0 Å². The van der Waals surface area contributed by atoms with Crippen molar-refractivity contribution in [3.63, 3.8) is 0 Å². The van der Waals surface area contributed by atoms with Gasteiger partial charge in [-0.1, -0.05) is 117 Å². The van der Waals surface area contributed by atoms with E-state index < -0.39 is 27.4 Å². The summed E-state index contributed by atoms with van der Waals surface area (Å²) in [5, 5.41) is 5.48. The summed E-state index contributed by atoms with van der Waals surface area (Å²) in [4.78, 5) is 8.66. The molecule has 3 nitrogen and oxygen atoms in total. The molecule has 3 aromatic heterocycles. The molecule has 0 saturated heterocycles.